The summed E-state index contributed by atoms with van der Waals surface area (Å²) in [6, 6.07) is 12.7. The first-order chi connectivity index (χ1) is 12.6. The summed E-state index contributed by atoms with van der Waals surface area (Å²) < 4.78 is 33.6. The van der Waals surface area contributed by atoms with Crippen molar-refractivity contribution in [1.29, 1.82) is 0 Å². The Morgan fingerprint density at radius 1 is 1.04 bits per heavy atom. The van der Waals surface area contributed by atoms with Crippen LogP contribution in [0.1, 0.15) is 24.1 Å². The zero-order chi connectivity index (χ0) is 18.3. The van der Waals surface area contributed by atoms with Gasteiger partial charge in [0.2, 0.25) is 0 Å². The number of methoxy groups -OCH3 is 1. The lowest BCUT2D eigenvalue weighted by Gasteiger charge is -2.16. The van der Waals surface area contributed by atoms with Gasteiger partial charge in [-0.2, -0.15) is 0 Å². The molecule has 0 N–H and O–H groups in total. The highest BCUT2D eigenvalue weighted by Crippen LogP contribution is 2.36. The van der Waals surface area contributed by atoms with Gasteiger partial charge < -0.3 is 4.74 Å². The molecule has 4 rings (SSSR count). The Hall–Kier alpha value is -1.92. The molecular formula is C20H21NO3S2. The maximum absolute atomic E-state index is 13.5. The van der Waals surface area contributed by atoms with Gasteiger partial charge in [-0.15, -0.1) is 11.8 Å². The monoisotopic (exact) mass is 387 g/mol. The van der Waals surface area contributed by atoms with E-state index in [1.165, 1.54) is 5.56 Å². The Morgan fingerprint density at radius 2 is 1.77 bits per heavy atom. The zero-order valence-electron chi connectivity index (χ0n) is 14.9. The van der Waals surface area contributed by atoms with Crippen LogP contribution in [-0.2, 0) is 22.9 Å². The summed E-state index contributed by atoms with van der Waals surface area (Å²) in [7, 11) is -2.08. The van der Waals surface area contributed by atoms with Crippen molar-refractivity contribution < 1.29 is 13.2 Å². The Morgan fingerprint density at radius 3 is 2.46 bits per heavy atom. The molecule has 0 aliphatic heterocycles. The Kier molecular flexibility index (Phi) is 4.49. The second-order valence-electron chi connectivity index (χ2n) is 6.46. The molecule has 136 valence electrons. The molecule has 0 amide bonds. The average molecular weight is 388 g/mol. The topological polar surface area (TPSA) is 48.3 Å². The minimum atomic E-state index is -3.65. The maximum Gasteiger partial charge on any atom is 0.268 e. The molecule has 4 nitrogen and oxygen atoms in total. The molecule has 1 aliphatic rings. The van der Waals surface area contributed by atoms with Gasteiger partial charge in [-0.3, -0.25) is 0 Å². The van der Waals surface area contributed by atoms with Crippen LogP contribution in [0.2, 0.25) is 0 Å². The van der Waals surface area contributed by atoms with E-state index in [1.54, 1.807) is 47.1 Å². The van der Waals surface area contributed by atoms with Crippen LogP contribution in [0.25, 0.3) is 10.9 Å². The van der Waals surface area contributed by atoms with E-state index in [1.807, 2.05) is 18.4 Å². The third kappa shape index (κ3) is 2.72. The smallest absolute Gasteiger partial charge is 0.268 e. The first-order valence-electron chi connectivity index (χ1n) is 8.66. The minimum Gasteiger partial charge on any atom is -0.497 e. The van der Waals surface area contributed by atoms with Crippen LogP contribution in [0.5, 0.6) is 5.75 Å². The van der Waals surface area contributed by atoms with E-state index >= 15 is 0 Å². The zero-order valence-corrected chi connectivity index (χ0v) is 16.5. The molecule has 1 aliphatic carbocycles. The largest absolute Gasteiger partial charge is 0.497 e. The molecule has 0 unspecified atom stereocenters. The quantitative estimate of drug-likeness (QED) is 0.619. The lowest BCUT2D eigenvalue weighted by molar-refractivity contribution is 0.414. The Labute approximate surface area is 158 Å². The normalized spacial score (nSPS) is 14.4. The molecule has 0 bridgehead atoms. The van der Waals surface area contributed by atoms with Gasteiger partial charge >= 0.3 is 0 Å². The number of benzene rings is 2. The SMILES string of the molecule is COc1ccc(S(=O)(=O)n2c3c(c4cc(SC)ccc42)CCCC3)cc1. The number of rotatable bonds is 4. The molecule has 0 spiro atoms. The first kappa shape index (κ1) is 17.5. The Bertz CT molecular complexity index is 1070. The van der Waals surface area contributed by atoms with Crippen molar-refractivity contribution in [2.24, 2.45) is 0 Å². The molecule has 0 atom stereocenters. The number of thioether (sulfide) groups is 1. The Balaban J connectivity index is 1.97. The number of fused-ring (bicyclic) bond motifs is 3. The average Bonchev–Trinajstić information content (AvgIpc) is 3.02. The third-order valence-electron chi connectivity index (χ3n) is 5.03. The second kappa shape index (κ2) is 6.67. The van der Waals surface area contributed by atoms with Crippen LogP contribution in [0, 0.1) is 0 Å². The highest BCUT2D eigenvalue weighted by Gasteiger charge is 2.28. The lowest BCUT2D eigenvalue weighted by Crippen LogP contribution is -2.17. The van der Waals surface area contributed by atoms with Gasteiger partial charge in [0.1, 0.15) is 5.75 Å². The van der Waals surface area contributed by atoms with Crippen LogP contribution >= 0.6 is 11.8 Å². The first-order valence-corrected chi connectivity index (χ1v) is 11.3. The molecule has 0 saturated heterocycles. The molecule has 0 radical (unpaired) electrons. The fourth-order valence-electron chi connectivity index (χ4n) is 3.74. The van der Waals surface area contributed by atoms with Crippen molar-refractivity contribution in [2.75, 3.05) is 13.4 Å². The van der Waals surface area contributed by atoms with Crippen molar-refractivity contribution in [1.82, 2.24) is 3.97 Å². The van der Waals surface area contributed by atoms with E-state index in [4.69, 9.17) is 4.74 Å². The van der Waals surface area contributed by atoms with Crippen molar-refractivity contribution in [3.8, 4) is 5.75 Å². The number of hydrogen-bond donors (Lipinski definition) is 0. The van der Waals surface area contributed by atoms with E-state index in [2.05, 4.69) is 6.07 Å². The summed E-state index contributed by atoms with van der Waals surface area (Å²) in [5, 5.41) is 1.07. The van der Waals surface area contributed by atoms with Gasteiger partial charge in [0.15, 0.2) is 0 Å². The maximum atomic E-state index is 13.5. The van der Waals surface area contributed by atoms with Crippen molar-refractivity contribution in [2.45, 2.75) is 35.5 Å². The van der Waals surface area contributed by atoms with E-state index < -0.39 is 10.0 Å². The van der Waals surface area contributed by atoms with Crippen LogP contribution in [0.3, 0.4) is 0 Å². The van der Waals surface area contributed by atoms with Gasteiger partial charge in [0, 0.05) is 16.0 Å². The summed E-state index contributed by atoms with van der Waals surface area (Å²) in [6.45, 7) is 0. The summed E-state index contributed by atoms with van der Waals surface area (Å²) >= 11 is 1.68. The number of hydrogen-bond acceptors (Lipinski definition) is 4. The third-order valence-corrected chi connectivity index (χ3v) is 7.52. The lowest BCUT2D eigenvalue weighted by atomic mass is 9.96. The van der Waals surface area contributed by atoms with E-state index in [0.29, 0.717) is 5.75 Å². The van der Waals surface area contributed by atoms with Crippen LogP contribution in [0.15, 0.2) is 52.3 Å². The number of ether oxygens (including phenoxy) is 1. The molecule has 26 heavy (non-hydrogen) atoms. The molecule has 6 heteroatoms. The minimum absolute atomic E-state index is 0.289. The standard InChI is InChI=1S/C20H21NO3S2/c1-24-14-7-10-16(11-8-14)26(22,23)21-19-6-4-3-5-17(19)18-13-15(25-2)9-12-20(18)21/h7-13H,3-6H2,1-2H3. The number of aryl methyl sites for hydroxylation is 1. The molecule has 0 fully saturated rings. The van der Waals surface area contributed by atoms with E-state index in [-0.39, 0.29) is 4.90 Å². The molecule has 3 aromatic rings. The summed E-state index contributed by atoms with van der Waals surface area (Å²) in [5.74, 6) is 0.646. The van der Waals surface area contributed by atoms with Crippen molar-refractivity contribution >= 4 is 32.7 Å². The molecular weight excluding hydrogens is 366 g/mol. The van der Waals surface area contributed by atoms with Gasteiger partial charge in [0.25, 0.3) is 10.0 Å². The molecule has 2 aromatic carbocycles. The summed E-state index contributed by atoms with van der Waals surface area (Å²) in [6.07, 6.45) is 5.91. The molecule has 1 heterocycles. The van der Waals surface area contributed by atoms with Crippen LogP contribution in [0.4, 0.5) is 0 Å². The predicted molar refractivity (Wildman–Crippen MR) is 106 cm³/mol. The highest BCUT2D eigenvalue weighted by molar-refractivity contribution is 7.98. The second-order valence-corrected chi connectivity index (χ2v) is 9.13. The summed E-state index contributed by atoms with van der Waals surface area (Å²) in [5.41, 5.74) is 2.92. The summed E-state index contributed by atoms with van der Waals surface area (Å²) in [4.78, 5) is 1.45. The van der Waals surface area contributed by atoms with Crippen molar-refractivity contribution in [3.63, 3.8) is 0 Å². The van der Waals surface area contributed by atoms with E-state index in [9.17, 15) is 8.42 Å². The molecule has 0 saturated carbocycles. The van der Waals surface area contributed by atoms with Gasteiger partial charge in [-0.05, 0) is 80.0 Å². The fraction of sp³-hybridized carbons (Fsp3) is 0.300. The number of aromatic nitrogens is 1. The van der Waals surface area contributed by atoms with Gasteiger partial charge in [-0.25, -0.2) is 12.4 Å². The van der Waals surface area contributed by atoms with Gasteiger partial charge in [0.05, 0.1) is 17.5 Å². The highest BCUT2D eigenvalue weighted by atomic mass is 32.2. The fourth-order valence-corrected chi connectivity index (χ4v) is 5.78. The van der Waals surface area contributed by atoms with E-state index in [0.717, 1.165) is 47.2 Å². The van der Waals surface area contributed by atoms with Crippen LogP contribution in [-0.4, -0.2) is 25.8 Å². The van der Waals surface area contributed by atoms with Crippen molar-refractivity contribution in [3.05, 3.63) is 53.7 Å². The van der Waals surface area contributed by atoms with Gasteiger partial charge in [-0.1, -0.05) is 0 Å². The number of nitrogens with zero attached hydrogens (tertiary/aromatic N) is 1. The molecule has 1 aromatic heterocycles. The van der Waals surface area contributed by atoms with Crippen LogP contribution < -0.4 is 4.74 Å². The predicted octanol–water partition coefficient (Wildman–Crippen LogP) is 4.49.